The minimum Gasteiger partial charge on any atom is -0.338 e. The van der Waals surface area contributed by atoms with E-state index in [1.807, 2.05) is 40.1 Å². The highest BCUT2D eigenvalue weighted by Crippen LogP contribution is 2.45. The average Bonchev–Trinajstić information content (AvgIpc) is 3.31. The van der Waals surface area contributed by atoms with Gasteiger partial charge in [0.1, 0.15) is 5.82 Å². The number of carbonyl (C=O) groups is 2. The Morgan fingerprint density at radius 2 is 1.87 bits per heavy atom. The van der Waals surface area contributed by atoms with Crippen LogP contribution in [0.1, 0.15) is 28.9 Å². The molecule has 0 spiro atoms. The van der Waals surface area contributed by atoms with Crippen molar-refractivity contribution in [3.8, 4) is 0 Å². The number of aromatic nitrogens is 1. The third-order valence-corrected chi connectivity index (χ3v) is 6.43. The number of hydrogen-bond acceptors (Lipinski definition) is 3. The molecule has 2 saturated heterocycles. The maximum absolute atomic E-state index is 13.9. The van der Waals surface area contributed by atoms with Gasteiger partial charge in [0, 0.05) is 50.0 Å². The Labute approximate surface area is 174 Å². The van der Waals surface area contributed by atoms with E-state index in [0.717, 1.165) is 16.5 Å². The van der Waals surface area contributed by atoms with Crippen LogP contribution in [0, 0.1) is 17.7 Å². The van der Waals surface area contributed by atoms with Gasteiger partial charge in [-0.3, -0.25) is 14.6 Å². The van der Waals surface area contributed by atoms with Crippen molar-refractivity contribution in [2.24, 2.45) is 11.8 Å². The van der Waals surface area contributed by atoms with Gasteiger partial charge in [0.05, 0.1) is 17.1 Å². The van der Waals surface area contributed by atoms with Gasteiger partial charge in [-0.25, -0.2) is 4.39 Å². The molecule has 6 heteroatoms. The van der Waals surface area contributed by atoms with Crippen molar-refractivity contribution in [2.75, 3.05) is 19.6 Å². The largest absolute Gasteiger partial charge is 0.338 e. The van der Waals surface area contributed by atoms with Crippen LogP contribution in [0.25, 0.3) is 10.9 Å². The van der Waals surface area contributed by atoms with E-state index in [9.17, 15) is 14.0 Å². The van der Waals surface area contributed by atoms with Crippen LogP contribution >= 0.6 is 0 Å². The fraction of sp³-hybridized carbons (Fsp3) is 0.292. The maximum atomic E-state index is 13.9. The van der Waals surface area contributed by atoms with E-state index < -0.39 is 0 Å². The van der Waals surface area contributed by atoms with Gasteiger partial charge in [0.2, 0.25) is 5.91 Å². The van der Waals surface area contributed by atoms with E-state index in [4.69, 9.17) is 0 Å². The number of benzene rings is 2. The van der Waals surface area contributed by atoms with Crippen molar-refractivity contribution in [3.05, 3.63) is 77.7 Å². The second-order valence-corrected chi connectivity index (χ2v) is 8.18. The van der Waals surface area contributed by atoms with Gasteiger partial charge >= 0.3 is 0 Å². The molecule has 1 aromatic heterocycles. The fourth-order valence-electron chi connectivity index (χ4n) is 5.11. The second kappa shape index (κ2) is 7.20. The van der Waals surface area contributed by atoms with Crippen molar-refractivity contribution in [3.63, 3.8) is 0 Å². The normalized spacial score (nSPS) is 23.1. The van der Waals surface area contributed by atoms with Gasteiger partial charge < -0.3 is 9.80 Å². The average molecular weight is 403 g/mol. The summed E-state index contributed by atoms with van der Waals surface area (Å²) < 4.78 is 13.9. The lowest BCUT2D eigenvalue weighted by molar-refractivity contribution is -0.130. The Balaban J connectivity index is 1.45. The van der Waals surface area contributed by atoms with E-state index in [1.54, 1.807) is 25.3 Å². The standard InChI is InChI=1S/C24H22FN3O2/c1-15(29)28-13-17-12-27(14-21(17)23(28)16-5-4-6-18(25)11-16)24(30)20-9-10-26-22-8-3-2-7-19(20)22/h2-11,17,21,23H,12-14H2,1H3/t17-,21-,23-/m1/s1. The van der Waals surface area contributed by atoms with Crippen LogP contribution in [0.2, 0.25) is 0 Å². The monoisotopic (exact) mass is 403 g/mol. The summed E-state index contributed by atoms with van der Waals surface area (Å²) >= 11 is 0. The Bertz CT molecular complexity index is 1140. The number of hydrogen-bond donors (Lipinski definition) is 0. The first-order valence-corrected chi connectivity index (χ1v) is 10.2. The molecule has 2 amide bonds. The molecule has 0 bridgehead atoms. The van der Waals surface area contributed by atoms with Gasteiger partial charge in [-0.2, -0.15) is 0 Å². The van der Waals surface area contributed by atoms with Crippen molar-refractivity contribution in [1.82, 2.24) is 14.8 Å². The summed E-state index contributed by atoms with van der Waals surface area (Å²) in [6.45, 7) is 3.28. The molecule has 0 unspecified atom stereocenters. The lowest BCUT2D eigenvalue weighted by Crippen LogP contribution is -2.36. The van der Waals surface area contributed by atoms with Crippen molar-refractivity contribution < 1.29 is 14.0 Å². The zero-order valence-electron chi connectivity index (χ0n) is 16.7. The molecule has 5 rings (SSSR count). The predicted octanol–water partition coefficient (Wildman–Crippen LogP) is 3.67. The van der Waals surface area contributed by atoms with E-state index in [-0.39, 0.29) is 35.5 Å². The topological polar surface area (TPSA) is 53.5 Å². The van der Waals surface area contributed by atoms with Crippen LogP contribution in [0.5, 0.6) is 0 Å². The third kappa shape index (κ3) is 3.03. The molecule has 2 fully saturated rings. The molecular weight excluding hydrogens is 381 g/mol. The van der Waals surface area contributed by atoms with Gasteiger partial charge in [0.15, 0.2) is 0 Å². The molecule has 5 nitrogen and oxygen atoms in total. The molecule has 0 N–H and O–H groups in total. The quantitative estimate of drug-likeness (QED) is 0.656. The number of pyridine rings is 1. The Kier molecular flexibility index (Phi) is 4.50. The van der Waals surface area contributed by atoms with Gasteiger partial charge in [-0.15, -0.1) is 0 Å². The Hall–Kier alpha value is -3.28. The highest BCUT2D eigenvalue weighted by molar-refractivity contribution is 6.06. The first kappa shape index (κ1) is 18.7. The third-order valence-electron chi connectivity index (χ3n) is 6.43. The van der Waals surface area contributed by atoms with E-state index in [0.29, 0.717) is 25.2 Å². The SMILES string of the molecule is CC(=O)N1C[C@H]2CN(C(=O)c3ccnc4ccccc34)C[C@H]2[C@H]1c1cccc(F)c1. The van der Waals surface area contributed by atoms with Crippen LogP contribution in [0.15, 0.2) is 60.8 Å². The fourth-order valence-corrected chi connectivity index (χ4v) is 5.11. The van der Waals surface area contributed by atoms with Crippen molar-refractivity contribution in [2.45, 2.75) is 13.0 Å². The number of amides is 2. The summed E-state index contributed by atoms with van der Waals surface area (Å²) in [5.74, 6) is -0.0763. The summed E-state index contributed by atoms with van der Waals surface area (Å²) in [6.07, 6.45) is 1.67. The highest BCUT2D eigenvalue weighted by atomic mass is 19.1. The summed E-state index contributed by atoms with van der Waals surface area (Å²) in [4.78, 5) is 33.7. The van der Waals surface area contributed by atoms with Gasteiger partial charge in [-0.1, -0.05) is 30.3 Å². The van der Waals surface area contributed by atoms with Crippen LogP contribution < -0.4 is 0 Å². The minimum absolute atomic E-state index is 0.0170. The predicted molar refractivity (Wildman–Crippen MR) is 111 cm³/mol. The number of fused-ring (bicyclic) bond motifs is 2. The highest BCUT2D eigenvalue weighted by Gasteiger charge is 2.49. The molecule has 3 aromatic rings. The zero-order chi connectivity index (χ0) is 20.8. The lowest BCUT2D eigenvalue weighted by atomic mass is 9.89. The molecule has 2 aliphatic rings. The first-order chi connectivity index (χ1) is 14.5. The van der Waals surface area contributed by atoms with Crippen LogP contribution in [-0.4, -0.2) is 46.2 Å². The number of para-hydroxylation sites is 1. The molecule has 3 heterocycles. The molecule has 3 atom stereocenters. The molecule has 0 aliphatic carbocycles. The smallest absolute Gasteiger partial charge is 0.254 e. The molecule has 2 aliphatic heterocycles. The van der Waals surface area contributed by atoms with E-state index in [2.05, 4.69) is 4.98 Å². The number of carbonyl (C=O) groups excluding carboxylic acids is 2. The Morgan fingerprint density at radius 3 is 2.67 bits per heavy atom. The Morgan fingerprint density at radius 1 is 1.03 bits per heavy atom. The summed E-state index contributed by atoms with van der Waals surface area (Å²) in [7, 11) is 0. The molecule has 0 saturated carbocycles. The second-order valence-electron chi connectivity index (χ2n) is 8.18. The summed E-state index contributed by atoms with van der Waals surface area (Å²) in [5.41, 5.74) is 2.23. The zero-order valence-corrected chi connectivity index (χ0v) is 16.7. The van der Waals surface area contributed by atoms with Crippen molar-refractivity contribution in [1.29, 1.82) is 0 Å². The number of halogens is 1. The van der Waals surface area contributed by atoms with Crippen LogP contribution in [0.3, 0.4) is 0 Å². The van der Waals surface area contributed by atoms with Crippen LogP contribution in [-0.2, 0) is 4.79 Å². The summed E-state index contributed by atoms with van der Waals surface area (Å²) in [6, 6.07) is 15.6. The van der Waals surface area contributed by atoms with Gasteiger partial charge in [0.25, 0.3) is 5.91 Å². The molecule has 2 aromatic carbocycles. The van der Waals surface area contributed by atoms with Crippen molar-refractivity contribution >= 4 is 22.7 Å². The number of likely N-dealkylation sites (tertiary alicyclic amines) is 2. The molecule has 0 radical (unpaired) electrons. The van der Waals surface area contributed by atoms with Crippen LogP contribution in [0.4, 0.5) is 4.39 Å². The van der Waals surface area contributed by atoms with Gasteiger partial charge in [-0.05, 0) is 29.8 Å². The molecule has 30 heavy (non-hydrogen) atoms. The lowest BCUT2D eigenvalue weighted by Gasteiger charge is -2.29. The van der Waals surface area contributed by atoms with E-state index >= 15 is 0 Å². The number of nitrogens with zero attached hydrogens (tertiary/aromatic N) is 3. The minimum atomic E-state index is -0.311. The number of rotatable bonds is 2. The summed E-state index contributed by atoms with van der Waals surface area (Å²) in [5, 5.41) is 0.842. The molecular formula is C24H22FN3O2. The van der Waals surface area contributed by atoms with E-state index in [1.165, 1.54) is 12.1 Å². The maximum Gasteiger partial charge on any atom is 0.254 e. The first-order valence-electron chi connectivity index (χ1n) is 10.2. The molecule has 152 valence electrons.